The Balaban J connectivity index is 0.000000357. The number of hydrogen-bond donors (Lipinski definition) is 2. The van der Waals surface area contributed by atoms with Crippen molar-refractivity contribution in [1.29, 1.82) is 0 Å². The van der Waals surface area contributed by atoms with Gasteiger partial charge < -0.3 is 15.2 Å². The van der Waals surface area contributed by atoms with Crippen LogP contribution in [0.4, 0.5) is 0 Å². The fraction of sp³-hybridized carbons (Fsp3) is 0.538. The van der Waals surface area contributed by atoms with E-state index in [4.69, 9.17) is 14.6 Å². The minimum absolute atomic E-state index is 0.562. The summed E-state index contributed by atoms with van der Waals surface area (Å²) in [4.78, 5) is 13.4. The summed E-state index contributed by atoms with van der Waals surface area (Å²) in [5.41, 5.74) is 1.12. The summed E-state index contributed by atoms with van der Waals surface area (Å²) < 4.78 is 5.32. The first-order valence-electron chi connectivity index (χ1n) is 6.04. The van der Waals surface area contributed by atoms with Crippen molar-refractivity contribution in [1.82, 2.24) is 10.3 Å². The van der Waals surface area contributed by atoms with Crippen LogP contribution < -0.4 is 10.1 Å². The molecule has 2 N–H and O–H groups in total. The van der Waals surface area contributed by atoms with Crippen LogP contribution in [0.2, 0.25) is 0 Å². The van der Waals surface area contributed by atoms with Crippen LogP contribution >= 0.6 is 0 Å². The molecule has 1 aliphatic heterocycles. The SMILES string of the molecule is CC(=O)O.COc1cccnc1C1CCNCC1. The van der Waals surface area contributed by atoms with E-state index in [2.05, 4.69) is 10.3 Å². The van der Waals surface area contributed by atoms with E-state index in [0.29, 0.717) is 5.92 Å². The van der Waals surface area contributed by atoms with Gasteiger partial charge in [-0.2, -0.15) is 0 Å². The number of carboxylic acid groups (broad SMARTS) is 1. The van der Waals surface area contributed by atoms with Crippen LogP contribution in [0, 0.1) is 0 Å². The fourth-order valence-corrected chi connectivity index (χ4v) is 1.98. The molecular weight excluding hydrogens is 232 g/mol. The molecule has 2 rings (SSSR count). The van der Waals surface area contributed by atoms with E-state index in [0.717, 1.165) is 44.3 Å². The monoisotopic (exact) mass is 252 g/mol. The first kappa shape index (κ1) is 14.4. The zero-order valence-corrected chi connectivity index (χ0v) is 10.8. The number of nitrogens with one attached hydrogen (secondary N) is 1. The Kier molecular flexibility index (Phi) is 6.14. The number of carbonyl (C=O) groups is 1. The van der Waals surface area contributed by atoms with Crippen molar-refractivity contribution in [3.05, 3.63) is 24.0 Å². The molecular formula is C13H20N2O3. The Morgan fingerprint density at radius 1 is 1.50 bits per heavy atom. The average Bonchev–Trinajstić information content (AvgIpc) is 2.39. The molecule has 2 heterocycles. The average molecular weight is 252 g/mol. The molecule has 1 aromatic rings. The van der Waals surface area contributed by atoms with Gasteiger partial charge in [-0.3, -0.25) is 9.78 Å². The number of piperidine rings is 1. The number of ether oxygens (including phenoxy) is 1. The maximum Gasteiger partial charge on any atom is 0.300 e. The Bertz CT molecular complexity index is 372. The summed E-state index contributed by atoms with van der Waals surface area (Å²) in [5.74, 6) is 0.659. The molecule has 0 atom stereocenters. The van der Waals surface area contributed by atoms with Gasteiger partial charge in [0.1, 0.15) is 5.75 Å². The predicted molar refractivity (Wildman–Crippen MR) is 68.9 cm³/mol. The maximum absolute atomic E-state index is 9.00. The number of nitrogens with zero attached hydrogens (tertiary/aromatic N) is 1. The summed E-state index contributed by atoms with van der Waals surface area (Å²) in [5, 5.41) is 10.8. The van der Waals surface area contributed by atoms with Gasteiger partial charge in [0.25, 0.3) is 5.97 Å². The van der Waals surface area contributed by atoms with Gasteiger partial charge in [0.05, 0.1) is 12.8 Å². The summed E-state index contributed by atoms with van der Waals surface area (Å²) in [6.45, 7) is 3.26. The summed E-state index contributed by atoms with van der Waals surface area (Å²) in [6, 6.07) is 3.91. The third-order valence-corrected chi connectivity index (χ3v) is 2.75. The molecule has 0 saturated carbocycles. The van der Waals surface area contributed by atoms with Crippen molar-refractivity contribution >= 4 is 5.97 Å². The first-order chi connectivity index (χ1) is 8.65. The van der Waals surface area contributed by atoms with Gasteiger partial charge in [-0.15, -0.1) is 0 Å². The molecule has 1 aliphatic rings. The molecule has 5 heteroatoms. The molecule has 18 heavy (non-hydrogen) atoms. The highest BCUT2D eigenvalue weighted by atomic mass is 16.5. The predicted octanol–water partition coefficient (Wildman–Crippen LogP) is 1.65. The van der Waals surface area contributed by atoms with E-state index in [1.165, 1.54) is 0 Å². The molecule has 0 unspecified atom stereocenters. The number of pyridine rings is 1. The van der Waals surface area contributed by atoms with Crippen molar-refractivity contribution in [3.8, 4) is 5.75 Å². The Labute approximate surface area is 107 Å². The number of hydrogen-bond acceptors (Lipinski definition) is 4. The Morgan fingerprint density at radius 3 is 2.67 bits per heavy atom. The number of rotatable bonds is 2. The third kappa shape index (κ3) is 4.71. The number of carboxylic acids is 1. The Morgan fingerprint density at radius 2 is 2.11 bits per heavy atom. The molecule has 1 fully saturated rings. The van der Waals surface area contributed by atoms with E-state index in [1.54, 1.807) is 7.11 Å². The fourth-order valence-electron chi connectivity index (χ4n) is 1.98. The number of aromatic nitrogens is 1. The van der Waals surface area contributed by atoms with Crippen LogP contribution in [-0.4, -0.2) is 36.3 Å². The van der Waals surface area contributed by atoms with Crippen LogP contribution in [0.5, 0.6) is 5.75 Å². The van der Waals surface area contributed by atoms with E-state index < -0.39 is 5.97 Å². The number of aliphatic carboxylic acids is 1. The first-order valence-corrected chi connectivity index (χ1v) is 6.04. The van der Waals surface area contributed by atoms with Crippen molar-refractivity contribution in [2.24, 2.45) is 0 Å². The van der Waals surface area contributed by atoms with Crippen LogP contribution in [0.15, 0.2) is 18.3 Å². The lowest BCUT2D eigenvalue weighted by Gasteiger charge is -2.23. The van der Waals surface area contributed by atoms with Gasteiger partial charge in [0, 0.05) is 19.0 Å². The summed E-state index contributed by atoms with van der Waals surface area (Å²) in [7, 11) is 1.71. The number of methoxy groups -OCH3 is 1. The van der Waals surface area contributed by atoms with Crippen molar-refractivity contribution in [3.63, 3.8) is 0 Å². The lowest BCUT2D eigenvalue weighted by molar-refractivity contribution is -0.134. The van der Waals surface area contributed by atoms with Gasteiger partial charge in [0.2, 0.25) is 0 Å². The highest BCUT2D eigenvalue weighted by Gasteiger charge is 2.19. The molecule has 5 nitrogen and oxygen atoms in total. The minimum atomic E-state index is -0.833. The highest BCUT2D eigenvalue weighted by Crippen LogP contribution is 2.29. The summed E-state index contributed by atoms with van der Waals surface area (Å²) in [6.07, 6.45) is 4.17. The summed E-state index contributed by atoms with van der Waals surface area (Å²) >= 11 is 0. The second-order valence-corrected chi connectivity index (χ2v) is 4.13. The molecule has 0 aromatic carbocycles. The molecule has 1 aromatic heterocycles. The van der Waals surface area contributed by atoms with Gasteiger partial charge in [-0.05, 0) is 38.1 Å². The standard InChI is InChI=1S/C11H16N2O.C2H4O2/c1-14-10-3-2-6-13-11(10)9-4-7-12-8-5-9;1-2(3)4/h2-3,6,9,12H,4-5,7-8H2,1H3;1H3,(H,3,4). The molecule has 100 valence electrons. The van der Waals surface area contributed by atoms with Crippen LogP contribution in [0.25, 0.3) is 0 Å². The van der Waals surface area contributed by atoms with Gasteiger partial charge in [0.15, 0.2) is 0 Å². The van der Waals surface area contributed by atoms with Crippen molar-refractivity contribution in [2.45, 2.75) is 25.7 Å². The maximum atomic E-state index is 9.00. The van der Waals surface area contributed by atoms with Crippen LogP contribution in [-0.2, 0) is 4.79 Å². The normalized spacial score (nSPS) is 15.4. The van der Waals surface area contributed by atoms with Crippen molar-refractivity contribution < 1.29 is 14.6 Å². The van der Waals surface area contributed by atoms with E-state index >= 15 is 0 Å². The van der Waals surface area contributed by atoms with E-state index in [-0.39, 0.29) is 0 Å². The van der Waals surface area contributed by atoms with Crippen LogP contribution in [0.3, 0.4) is 0 Å². The van der Waals surface area contributed by atoms with E-state index in [9.17, 15) is 0 Å². The zero-order valence-electron chi connectivity index (χ0n) is 10.8. The van der Waals surface area contributed by atoms with Gasteiger partial charge in [-0.25, -0.2) is 0 Å². The lowest BCUT2D eigenvalue weighted by Crippen LogP contribution is -2.27. The van der Waals surface area contributed by atoms with Gasteiger partial charge in [-0.1, -0.05) is 0 Å². The zero-order chi connectivity index (χ0) is 13.4. The molecule has 0 spiro atoms. The molecule has 0 bridgehead atoms. The van der Waals surface area contributed by atoms with E-state index in [1.807, 2.05) is 18.3 Å². The topological polar surface area (TPSA) is 71.5 Å². The third-order valence-electron chi connectivity index (χ3n) is 2.75. The quantitative estimate of drug-likeness (QED) is 0.837. The second-order valence-electron chi connectivity index (χ2n) is 4.13. The molecule has 0 radical (unpaired) electrons. The molecule has 0 amide bonds. The molecule has 0 aliphatic carbocycles. The van der Waals surface area contributed by atoms with Gasteiger partial charge >= 0.3 is 0 Å². The highest BCUT2D eigenvalue weighted by molar-refractivity contribution is 5.62. The lowest BCUT2D eigenvalue weighted by atomic mass is 9.93. The molecule has 1 saturated heterocycles. The minimum Gasteiger partial charge on any atom is -0.495 e. The smallest absolute Gasteiger partial charge is 0.300 e. The van der Waals surface area contributed by atoms with Crippen molar-refractivity contribution in [2.75, 3.05) is 20.2 Å². The Hall–Kier alpha value is -1.62. The largest absolute Gasteiger partial charge is 0.495 e. The second kappa shape index (κ2) is 7.66. The van der Waals surface area contributed by atoms with Crippen LogP contribution in [0.1, 0.15) is 31.4 Å².